The van der Waals surface area contributed by atoms with E-state index in [1.807, 2.05) is 19.1 Å². The Morgan fingerprint density at radius 3 is 3.06 bits per heavy atom. The van der Waals surface area contributed by atoms with Gasteiger partial charge in [0, 0.05) is 17.4 Å². The molecule has 1 aromatic carbocycles. The van der Waals surface area contributed by atoms with E-state index in [0.29, 0.717) is 6.42 Å². The Labute approximate surface area is 113 Å². The van der Waals surface area contributed by atoms with Gasteiger partial charge in [-0.25, -0.2) is 0 Å². The molecule has 1 N–H and O–H groups in total. The molecule has 1 aliphatic heterocycles. The summed E-state index contributed by atoms with van der Waals surface area (Å²) < 4.78 is 0. The molecule has 94 valence electrons. The molecule has 0 aromatic heterocycles. The van der Waals surface area contributed by atoms with Crippen molar-refractivity contribution in [1.82, 2.24) is 5.32 Å². The van der Waals surface area contributed by atoms with Crippen molar-refractivity contribution in [2.75, 3.05) is 0 Å². The van der Waals surface area contributed by atoms with Crippen LogP contribution in [0.4, 0.5) is 0 Å². The summed E-state index contributed by atoms with van der Waals surface area (Å²) in [6.07, 6.45) is 7.59. The first kappa shape index (κ1) is 13.0. The molecule has 1 aliphatic rings. The number of carbonyl (C=O) groups is 1. The molecule has 1 heterocycles. The summed E-state index contributed by atoms with van der Waals surface area (Å²) in [5.41, 5.74) is 1.27. The number of thioether (sulfide) groups is 1. The minimum absolute atomic E-state index is 0.00535. The zero-order valence-corrected chi connectivity index (χ0v) is 11.3. The molecule has 3 heteroatoms. The average Bonchev–Trinajstić information content (AvgIpc) is 2.82. The highest BCUT2D eigenvalue weighted by Crippen LogP contribution is 2.36. The molecule has 0 radical (unpaired) electrons. The summed E-state index contributed by atoms with van der Waals surface area (Å²) in [5, 5.41) is 3.04. The first-order chi connectivity index (χ1) is 8.74. The van der Waals surface area contributed by atoms with Gasteiger partial charge >= 0.3 is 0 Å². The minimum Gasteiger partial charge on any atom is -0.351 e. The number of rotatable bonds is 4. The van der Waals surface area contributed by atoms with E-state index in [1.165, 1.54) is 10.5 Å². The van der Waals surface area contributed by atoms with Crippen molar-refractivity contribution in [3.8, 4) is 12.3 Å². The highest BCUT2D eigenvalue weighted by Gasteiger charge is 2.28. The van der Waals surface area contributed by atoms with Crippen LogP contribution in [0.25, 0.3) is 0 Å². The van der Waals surface area contributed by atoms with Gasteiger partial charge in [0.15, 0.2) is 0 Å². The fraction of sp³-hybridized carbons (Fsp3) is 0.400. The number of benzene rings is 1. The van der Waals surface area contributed by atoms with Gasteiger partial charge in [-0.3, -0.25) is 4.79 Å². The van der Waals surface area contributed by atoms with Crippen LogP contribution in [0.2, 0.25) is 0 Å². The van der Waals surface area contributed by atoms with Crippen molar-refractivity contribution in [3.63, 3.8) is 0 Å². The molecule has 1 aromatic rings. The van der Waals surface area contributed by atoms with Crippen LogP contribution >= 0.6 is 11.8 Å². The van der Waals surface area contributed by atoms with Gasteiger partial charge in [0.2, 0.25) is 5.91 Å². The molecule has 1 amide bonds. The fourth-order valence-corrected chi connectivity index (χ4v) is 3.27. The fourth-order valence-electron chi connectivity index (χ4n) is 2.06. The SMILES string of the molecule is C#CCC(CC)NC(=O)C1Cc2ccccc2S1. The van der Waals surface area contributed by atoms with Gasteiger partial charge in [-0.2, -0.15) is 0 Å². The van der Waals surface area contributed by atoms with Gasteiger partial charge in [0.05, 0.1) is 5.25 Å². The van der Waals surface area contributed by atoms with Crippen molar-refractivity contribution in [2.24, 2.45) is 0 Å². The predicted octanol–water partition coefficient (Wildman–Crippen LogP) is 2.62. The summed E-state index contributed by atoms with van der Waals surface area (Å²) in [5.74, 6) is 2.72. The van der Waals surface area contributed by atoms with Gasteiger partial charge in [-0.15, -0.1) is 24.1 Å². The average molecular weight is 259 g/mol. The third-order valence-electron chi connectivity index (χ3n) is 3.14. The Kier molecular flexibility index (Phi) is 4.33. The lowest BCUT2D eigenvalue weighted by molar-refractivity contribution is -0.121. The standard InChI is InChI=1S/C15H17NOS/c1-3-7-12(4-2)16-15(17)14-10-11-8-5-6-9-13(11)18-14/h1,5-6,8-9,12,14H,4,7,10H2,2H3,(H,16,17). The molecule has 2 unspecified atom stereocenters. The number of fused-ring (bicyclic) bond motifs is 1. The van der Waals surface area contributed by atoms with E-state index in [1.54, 1.807) is 11.8 Å². The molecule has 0 bridgehead atoms. The van der Waals surface area contributed by atoms with Gasteiger partial charge in [-0.05, 0) is 24.5 Å². The highest BCUT2D eigenvalue weighted by molar-refractivity contribution is 8.01. The second-order valence-corrected chi connectivity index (χ2v) is 5.68. The summed E-state index contributed by atoms with van der Waals surface area (Å²) in [7, 11) is 0. The summed E-state index contributed by atoms with van der Waals surface area (Å²) in [6, 6.07) is 8.30. The number of hydrogen-bond donors (Lipinski definition) is 1. The van der Waals surface area contributed by atoms with Crippen LogP contribution in [-0.2, 0) is 11.2 Å². The van der Waals surface area contributed by atoms with E-state index >= 15 is 0 Å². The largest absolute Gasteiger partial charge is 0.351 e. The van der Waals surface area contributed by atoms with Crippen LogP contribution in [-0.4, -0.2) is 17.2 Å². The molecule has 0 saturated heterocycles. The van der Waals surface area contributed by atoms with Crippen LogP contribution in [0.5, 0.6) is 0 Å². The molecular weight excluding hydrogens is 242 g/mol. The molecule has 0 aliphatic carbocycles. The van der Waals surface area contributed by atoms with Crippen LogP contribution in [0, 0.1) is 12.3 Å². The molecule has 2 nitrogen and oxygen atoms in total. The van der Waals surface area contributed by atoms with Crippen LogP contribution in [0.3, 0.4) is 0 Å². The Morgan fingerprint density at radius 1 is 1.61 bits per heavy atom. The van der Waals surface area contributed by atoms with E-state index < -0.39 is 0 Å². The Morgan fingerprint density at radius 2 is 2.39 bits per heavy atom. The van der Waals surface area contributed by atoms with Crippen molar-refractivity contribution in [2.45, 2.75) is 42.4 Å². The minimum atomic E-state index is -0.00535. The lowest BCUT2D eigenvalue weighted by Gasteiger charge is -2.16. The predicted molar refractivity (Wildman–Crippen MR) is 75.5 cm³/mol. The maximum Gasteiger partial charge on any atom is 0.234 e. The van der Waals surface area contributed by atoms with Gasteiger partial charge in [0.25, 0.3) is 0 Å². The monoisotopic (exact) mass is 259 g/mol. The zero-order chi connectivity index (χ0) is 13.0. The van der Waals surface area contributed by atoms with Crippen molar-refractivity contribution >= 4 is 17.7 Å². The van der Waals surface area contributed by atoms with Crippen molar-refractivity contribution < 1.29 is 4.79 Å². The topological polar surface area (TPSA) is 29.1 Å². The maximum atomic E-state index is 12.2. The first-order valence-electron chi connectivity index (χ1n) is 6.23. The number of hydrogen-bond acceptors (Lipinski definition) is 2. The van der Waals surface area contributed by atoms with Gasteiger partial charge < -0.3 is 5.32 Å². The van der Waals surface area contributed by atoms with E-state index in [2.05, 4.69) is 23.4 Å². The second-order valence-electron chi connectivity index (χ2n) is 4.44. The molecule has 2 rings (SSSR count). The quantitative estimate of drug-likeness (QED) is 0.842. The lowest BCUT2D eigenvalue weighted by atomic mass is 10.1. The maximum absolute atomic E-state index is 12.2. The normalized spacial score (nSPS) is 18.8. The molecule has 0 fully saturated rings. The van der Waals surface area contributed by atoms with Crippen LogP contribution < -0.4 is 5.32 Å². The second kappa shape index (κ2) is 5.97. The van der Waals surface area contributed by atoms with E-state index in [0.717, 1.165) is 12.8 Å². The Balaban J connectivity index is 1.95. The van der Waals surface area contributed by atoms with Crippen LogP contribution in [0.1, 0.15) is 25.3 Å². The molecule has 0 spiro atoms. The third kappa shape index (κ3) is 2.88. The number of amides is 1. The molecular formula is C15H17NOS. The number of carbonyl (C=O) groups excluding carboxylic acids is 1. The summed E-state index contributed by atoms with van der Waals surface area (Å²) >= 11 is 1.65. The summed E-state index contributed by atoms with van der Waals surface area (Å²) in [6.45, 7) is 2.04. The van der Waals surface area contributed by atoms with Crippen molar-refractivity contribution in [3.05, 3.63) is 29.8 Å². The van der Waals surface area contributed by atoms with Crippen molar-refractivity contribution in [1.29, 1.82) is 0 Å². The summed E-state index contributed by atoms with van der Waals surface area (Å²) in [4.78, 5) is 13.4. The van der Waals surface area contributed by atoms with Gasteiger partial charge in [0.1, 0.15) is 0 Å². The molecule has 2 atom stereocenters. The Hall–Kier alpha value is -1.40. The van der Waals surface area contributed by atoms with Gasteiger partial charge in [-0.1, -0.05) is 25.1 Å². The van der Waals surface area contributed by atoms with Crippen LogP contribution in [0.15, 0.2) is 29.2 Å². The third-order valence-corrected chi connectivity index (χ3v) is 4.46. The molecule has 0 saturated carbocycles. The van der Waals surface area contributed by atoms with E-state index in [4.69, 9.17) is 6.42 Å². The first-order valence-corrected chi connectivity index (χ1v) is 7.11. The smallest absolute Gasteiger partial charge is 0.234 e. The lowest BCUT2D eigenvalue weighted by Crippen LogP contribution is -2.39. The Bertz CT molecular complexity index is 453. The molecule has 18 heavy (non-hydrogen) atoms. The number of nitrogens with one attached hydrogen (secondary N) is 1. The number of terminal acetylenes is 1. The highest BCUT2D eigenvalue weighted by atomic mass is 32.2. The van der Waals surface area contributed by atoms with E-state index in [-0.39, 0.29) is 17.2 Å². The van der Waals surface area contributed by atoms with E-state index in [9.17, 15) is 4.79 Å². The zero-order valence-electron chi connectivity index (χ0n) is 10.5.